The van der Waals surface area contributed by atoms with Gasteiger partial charge in [-0.15, -0.1) is 11.3 Å². The molecule has 2 N–H and O–H groups in total. The van der Waals surface area contributed by atoms with E-state index < -0.39 is 13.3 Å². The Balaban J connectivity index is 1.60. The molecule has 0 amide bonds. The van der Waals surface area contributed by atoms with Gasteiger partial charge in [0.25, 0.3) is 0 Å². The predicted octanol–water partition coefficient (Wildman–Crippen LogP) is 5.97. The molecule has 9 heteroatoms. The number of rotatable bonds is 7. The van der Waals surface area contributed by atoms with Crippen LogP contribution in [-0.4, -0.2) is 64.2 Å². The topological polar surface area (TPSA) is 58.0 Å². The summed E-state index contributed by atoms with van der Waals surface area (Å²) < 4.78 is 33.6. The molecule has 1 fully saturated rings. The Morgan fingerprint density at radius 2 is 2.13 bits per heavy atom. The fourth-order valence-corrected chi connectivity index (χ4v) is 6.54. The summed E-state index contributed by atoms with van der Waals surface area (Å²) in [7, 11) is 1.11. The summed E-state index contributed by atoms with van der Waals surface area (Å²) in [6.45, 7) is 16.6. The highest BCUT2D eigenvalue weighted by Gasteiger charge is 2.28. The minimum absolute atomic E-state index is 0.263. The Hall–Kier alpha value is -3.29. The zero-order valence-electron chi connectivity index (χ0n) is 22.1. The van der Waals surface area contributed by atoms with Gasteiger partial charge < -0.3 is 24.8 Å². The number of alkyl halides is 1. The van der Waals surface area contributed by atoms with Crippen LogP contribution in [0.3, 0.4) is 0 Å². The molecule has 2 aromatic carbocycles. The Morgan fingerprint density at radius 3 is 2.82 bits per heavy atom. The van der Waals surface area contributed by atoms with E-state index in [9.17, 15) is 8.96 Å². The van der Waals surface area contributed by atoms with Crippen molar-refractivity contribution in [2.75, 3.05) is 57.8 Å². The average Bonchev–Trinajstić information content (AvgIpc) is 3.26. The smallest absolute Gasteiger partial charge is 0.190 e. The van der Waals surface area contributed by atoms with Gasteiger partial charge in [0.05, 0.1) is 47.2 Å². The molecule has 1 aliphatic rings. The van der Waals surface area contributed by atoms with Gasteiger partial charge in [-0.25, -0.2) is 9.24 Å². The summed E-state index contributed by atoms with van der Waals surface area (Å²) in [4.78, 5) is 6.34. The normalized spacial score (nSPS) is 17.8. The summed E-state index contributed by atoms with van der Waals surface area (Å²) in [5.74, 6) is 6.97. The number of likely N-dealkylation sites (tertiary alicyclic amines) is 1. The van der Waals surface area contributed by atoms with Crippen LogP contribution in [0.25, 0.3) is 20.6 Å². The first kappa shape index (κ1) is 27.7. The molecule has 1 saturated heterocycles. The average molecular weight is 551 g/mol. The van der Waals surface area contributed by atoms with E-state index in [1.54, 1.807) is 26.5 Å². The van der Waals surface area contributed by atoms with Gasteiger partial charge >= 0.3 is 0 Å². The number of nitrogens with zero attached hydrogens (tertiary/aromatic N) is 2. The highest BCUT2D eigenvalue weighted by atomic mass is 32.1. The fraction of sp³-hybridized carbons (Fsp3) is 0.345. The number of anilines is 2. The Kier molecular flexibility index (Phi) is 8.48. The molecule has 0 saturated carbocycles. The number of piperidine rings is 1. The quantitative estimate of drug-likeness (QED) is 0.216. The van der Waals surface area contributed by atoms with Gasteiger partial charge in [-0.05, 0) is 56.4 Å². The zero-order valence-corrected chi connectivity index (χ0v) is 23.8. The van der Waals surface area contributed by atoms with E-state index >= 15 is 0 Å². The maximum absolute atomic E-state index is 14.7. The number of nitrogens with one attached hydrogen (secondary N) is 2. The minimum Gasteiger partial charge on any atom is -0.495 e. The van der Waals surface area contributed by atoms with Gasteiger partial charge in [0.1, 0.15) is 19.1 Å². The fourth-order valence-electron chi connectivity index (χ4n) is 4.51. The molecular formula is C29H32FN4O2PS. The molecule has 0 bridgehead atoms. The van der Waals surface area contributed by atoms with Crippen LogP contribution in [0.4, 0.5) is 15.8 Å². The minimum atomic E-state index is -2.40. The maximum atomic E-state index is 14.7. The van der Waals surface area contributed by atoms with Gasteiger partial charge in [0.2, 0.25) is 0 Å². The van der Waals surface area contributed by atoms with E-state index in [1.165, 1.54) is 11.3 Å². The third kappa shape index (κ3) is 6.05. The van der Waals surface area contributed by atoms with Crippen molar-refractivity contribution in [2.24, 2.45) is 0 Å². The molecule has 0 spiro atoms. The monoisotopic (exact) mass is 550 g/mol. The van der Waals surface area contributed by atoms with Gasteiger partial charge in [0.15, 0.2) is 5.70 Å². The Labute approximate surface area is 228 Å². The predicted molar refractivity (Wildman–Crippen MR) is 159 cm³/mol. The van der Waals surface area contributed by atoms with Crippen molar-refractivity contribution in [1.82, 2.24) is 4.90 Å². The van der Waals surface area contributed by atoms with Crippen molar-refractivity contribution in [2.45, 2.75) is 18.6 Å². The first-order valence-corrected chi connectivity index (χ1v) is 15.7. The summed E-state index contributed by atoms with van der Waals surface area (Å²) >= 11 is 1.49. The molecule has 0 aliphatic carbocycles. The van der Waals surface area contributed by atoms with E-state index in [0.29, 0.717) is 24.5 Å². The first-order chi connectivity index (χ1) is 18.1. The lowest BCUT2D eigenvalue weighted by atomic mass is 10.0. The van der Waals surface area contributed by atoms with Crippen LogP contribution >= 0.6 is 18.5 Å². The second kappa shape index (κ2) is 11.6. The van der Waals surface area contributed by atoms with Gasteiger partial charge in [-0.2, -0.15) is 0 Å². The molecule has 4 rings (SSSR count). The number of halogens is 1. The standard InChI is InChI=1S/C29H32FN4O2PS/c1-19(31-2)28-21-9-7-10-25(33-23-14-16-34(3)18-22(23)30)29(21)38-27(28)11-8-15-32-24-13-12-20(37(5,6)35)17-26(24)36-4/h7,9-10,12-13,17,22-23,32-33H,1,14-16,18H2,3-6H3/t22-,23?/m0/s1. The lowest BCUT2D eigenvalue weighted by molar-refractivity contribution is 0.149. The van der Waals surface area contributed by atoms with Crippen LogP contribution < -0.4 is 20.7 Å². The van der Waals surface area contributed by atoms with Gasteiger partial charge in [-0.1, -0.05) is 30.6 Å². The number of fused-ring (bicyclic) bond motifs is 1. The number of ether oxygens (including phenoxy) is 1. The Morgan fingerprint density at radius 1 is 1.34 bits per heavy atom. The summed E-state index contributed by atoms with van der Waals surface area (Å²) in [6, 6.07) is 11.0. The van der Waals surface area contributed by atoms with E-state index in [4.69, 9.17) is 11.3 Å². The molecule has 1 unspecified atom stereocenters. The molecule has 1 aromatic heterocycles. The second-order valence-electron chi connectivity index (χ2n) is 9.76. The van der Waals surface area contributed by atoms with Crippen molar-refractivity contribution in [3.05, 3.63) is 64.8 Å². The van der Waals surface area contributed by atoms with E-state index in [1.807, 2.05) is 42.3 Å². The maximum Gasteiger partial charge on any atom is 0.190 e. The van der Waals surface area contributed by atoms with Crippen LogP contribution in [0.15, 0.2) is 43.0 Å². The van der Waals surface area contributed by atoms with E-state index in [0.717, 1.165) is 50.2 Å². The van der Waals surface area contributed by atoms with Crippen molar-refractivity contribution >= 4 is 50.9 Å². The molecule has 6 nitrogen and oxygen atoms in total. The second-order valence-corrected chi connectivity index (χ2v) is 14.0. The van der Waals surface area contributed by atoms with Crippen molar-refractivity contribution in [1.29, 1.82) is 0 Å². The van der Waals surface area contributed by atoms with Crippen LogP contribution in [0.1, 0.15) is 16.9 Å². The largest absolute Gasteiger partial charge is 0.495 e. The summed E-state index contributed by atoms with van der Waals surface area (Å²) in [6.07, 6.45) is -0.239. The van der Waals surface area contributed by atoms with E-state index in [-0.39, 0.29) is 6.04 Å². The molecular weight excluding hydrogens is 518 g/mol. The molecule has 0 radical (unpaired) electrons. The third-order valence-corrected chi connectivity index (χ3v) is 9.28. The number of methoxy groups -OCH3 is 1. The summed E-state index contributed by atoms with van der Waals surface area (Å²) in [5, 5.41) is 8.32. The van der Waals surface area contributed by atoms with Crippen LogP contribution in [0.2, 0.25) is 0 Å². The number of hydrogen-bond donors (Lipinski definition) is 2. The Bertz CT molecular complexity index is 1510. The van der Waals surface area contributed by atoms with Crippen molar-refractivity contribution in [3.63, 3.8) is 0 Å². The van der Waals surface area contributed by atoms with Crippen LogP contribution in [0, 0.1) is 18.4 Å². The number of thiophene rings is 1. The number of benzene rings is 2. The highest BCUT2D eigenvalue weighted by Crippen LogP contribution is 2.40. The van der Waals surface area contributed by atoms with Gasteiger partial charge in [0, 0.05) is 24.0 Å². The lowest BCUT2D eigenvalue weighted by Gasteiger charge is -2.33. The van der Waals surface area contributed by atoms with Crippen molar-refractivity contribution < 1.29 is 13.7 Å². The lowest BCUT2D eigenvalue weighted by Crippen LogP contribution is -2.46. The SMILES string of the molecule is [C-]#[N+]C(=C)c1c(C#CCNc2ccc(P(C)(C)=O)cc2OC)sc2c(NC3CCN(C)C[C@@H]3F)cccc12. The molecule has 38 heavy (non-hydrogen) atoms. The molecule has 2 heterocycles. The van der Waals surface area contributed by atoms with Crippen molar-refractivity contribution in [3.8, 4) is 17.6 Å². The van der Waals surface area contributed by atoms with Gasteiger partial charge in [-0.3, -0.25) is 0 Å². The third-order valence-electron chi connectivity index (χ3n) is 6.60. The van der Waals surface area contributed by atoms with Crippen LogP contribution in [-0.2, 0) is 4.57 Å². The molecule has 3 aromatic rings. The highest BCUT2D eigenvalue weighted by molar-refractivity contribution is 7.70. The molecule has 2 atom stereocenters. The number of hydrogen-bond acceptors (Lipinski definition) is 6. The summed E-state index contributed by atoms with van der Waals surface area (Å²) in [5.41, 5.74) is 2.66. The molecule has 1 aliphatic heterocycles. The van der Waals surface area contributed by atoms with E-state index in [2.05, 4.69) is 33.9 Å². The molecule has 198 valence electrons. The first-order valence-electron chi connectivity index (χ1n) is 12.3. The zero-order chi connectivity index (χ0) is 27.4. The van der Waals surface area contributed by atoms with Crippen LogP contribution in [0.5, 0.6) is 5.75 Å².